The van der Waals surface area contributed by atoms with Crippen molar-refractivity contribution in [2.45, 2.75) is 52.2 Å². The number of nitrogens with zero attached hydrogens (tertiary/aromatic N) is 5. The molecule has 1 aromatic rings. The van der Waals surface area contributed by atoms with E-state index in [4.69, 9.17) is 4.74 Å². The Balaban J connectivity index is 0.00000136. The van der Waals surface area contributed by atoms with Crippen molar-refractivity contribution < 1.29 is 13.9 Å². The molecule has 2 aliphatic heterocycles. The van der Waals surface area contributed by atoms with Crippen LogP contribution in [0.3, 0.4) is 0 Å². The number of halogens is 1. The molecule has 0 radical (unpaired) electrons. The number of likely N-dealkylation sites (tertiary alicyclic amines) is 1. The van der Waals surface area contributed by atoms with Crippen LogP contribution >= 0.6 is 0 Å². The second-order valence-corrected chi connectivity index (χ2v) is 6.39. The molecule has 7 nitrogen and oxygen atoms in total. The molecular formula is C20H28FN5O2. The van der Waals surface area contributed by atoms with E-state index >= 15 is 0 Å². The average molecular weight is 389 g/mol. The summed E-state index contributed by atoms with van der Waals surface area (Å²) >= 11 is 0. The van der Waals surface area contributed by atoms with Gasteiger partial charge in [-0.25, -0.2) is 0 Å². The van der Waals surface area contributed by atoms with Crippen LogP contribution in [-0.4, -0.2) is 50.8 Å². The van der Waals surface area contributed by atoms with Gasteiger partial charge in [0.1, 0.15) is 0 Å². The van der Waals surface area contributed by atoms with Crippen LogP contribution in [0.15, 0.2) is 42.2 Å². The molecule has 1 amide bonds. The minimum absolute atomic E-state index is 0.0468. The lowest BCUT2D eigenvalue weighted by atomic mass is 10.0. The Bertz CT molecular complexity index is 781. The fourth-order valence-corrected chi connectivity index (χ4v) is 3.25. The Morgan fingerprint density at radius 1 is 1.32 bits per heavy atom. The van der Waals surface area contributed by atoms with E-state index in [1.165, 1.54) is 4.80 Å². The normalized spacial score (nSPS) is 22.4. The first-order valence-electron chi connectivity index (χ1n) is 9.43. The molecule has 0 N–H and O–H groups in total. The van der Waals surface area contributed by atoms with Crippen molar-refractivity contribution in [3.05, 3.63) is 48.0 Å². The molecule has 0 aliphatic carbocycles. The third-order valence-electron chi connectivity index (χ3n) is 4.55. The minimum Gasteiger partial charge on any atom is -0.481 e. The predicted molar refractivity (Wildman–Crippen MR) is 106 cm³/mol. The van der Waals surface area contributed by atoms with Crippen LogP contribution in [0.4, 0.5) is 4.39 Å². The van der Waals surface area contributed by atoms with Gasteiger partial charge in [-0.15, -0.1) is 15.0 Å². The van der Waals surface area contributed by atoms with Crippen molar-refractivity contribution in [2.24, 2.45) is 0 Å². The standard InChI is InChI=1S/C19H25N5O2.CH3F/c1-4-9-15(5-2)24-21-18(20-22-24)16-11-6-7-13-23(16)19(25)17-12-8-10-14(3)26-17;1-2/h4-5,8-10,12,16-17H,6-7,11,13H2,1-3H3;1H3/b9-4-,15-5+;. The lowest BCUT2D eigenvalue weighted by molar-refractivity contribution is -0.143. The minimum atomic E-state index is -0.579. The van der Waals surface area contributed by atoms with E-state index in [1.807, 2.05) is 56.1 Å². The second-order valence-electron chi connectivity index (χ2n) is 6.39. The summed E-state index contributed by atoms with van der Waals surface area (Å²) in [5, 5.41) is 12.9. The predicted octanol–water partition coefficient (Wildman–Crippen LogP) is 3.61. The Kier molecular flexibility index (Phi) is 8.10. The first-order chi connectivity index (χ1) is 13.6. The molecule has 3 rings (SSSR count). The molecule has 0 spiro atoms. The number of allylic oxidation sites excluding steroid dienone is 7. The van der Waals surface area contributed by atoms with Crippen LogP contribution in [0.25, 0.3) is 5.70 Å². The zero-order valence-corrected chi connectivity index (χ0v) is 16.9. The molecule has 2 aliphatic rings. The summed E-state index contributed by atoms with van der Waals surface area (Å²) in [7, 11) is 0.500. The van der Waals surface area contributed by atoms with Gasteiger partial charge >= 0.3 is 0 Å². The largest absolute Gasteiger partial charge is 0.481 e. The van der Waals surface area contributed by atoms with Crippen LogP contribution in [0.5, 0.6) is 0 Å². The van der Waals surface area contributed by atoms with Gasteiger partial charge in [0.15, 0.2) is 11.9 Å². The van der Waals surface area contributed by atoms with Crippen molar-refractivity contribution >= 4 is 11.6 Å². The lowest BCUT2D eigenvalue weighted by Gasteiger charge is -2.35. The summed E-state index contributed by atoms with van der Waals surface area (Å²) in [5.74, 6) is 1.27. The van der Waals surface area contributed by atoms with Gasteiger partial charge in [-0.2, -0.15) is 0 Å². The molecule has 0 aromatic carbocycles. The maximum Gasteiger partial charge on any atom is 0.268 e. The number of carbonyl (C=O) groups is 1. The van der Waals surface area contributed by atoms with E-state index in [0.717, 1.165) is 30.7 Å². The van der Waals surface area contributed by atoms with E-state index in [2.05, 4.69) is 15.4 Å². The number of rotatable bonds is 4. The van der Waals surface area contributed by atoms with E-state index in [1.54, 1.807) is 6.08 Å². The van der Waals surface area contributed by atoms with Gasteiger partial charge in [-0.3, -0.25) is 9.18 Å². The smallest absolute Gasteiger partial charge is 0.268 e. The number of hydrogen-bond donors (Lipinski definition) is 0. The zero-order valence-electron chi connectivity index (χ0n) is 16.9. The number of hydrogen-bond acceptors (Lipinski definition) is 5. The highest BCUT2D eigenvalue weighted by molar-refractivity contribution is 5.83. The van der Waals surface area contributed by atoms with Crippen molar-refractivity contribution in [1.29, 1.82) is 0 Å². The third-order valence-corrected chi connectivity index (χ3v) is 4.55. The van der Waals surface area contributed by atoms with Crippen LogP contribution in [0.2, 0.25) is 0 Å². The molecule has 1 aromatic heterocycles. The number of ether oxygens (including phenoxy) is 1. The summed E-state index contributed by atoms with van der Waals surface area (Å²) in [6.07, 6.45) is 13.5. The topological polar surface area (TPSA) is 73.1 Å². The van der Waals surface area contributed by atoms with Crippen LogP contribution in [-0.2, 0) is 9.53 Å². The van der Waals surface area contributed by atoms with Gasteiger partial charge in [-0.05, 0) is 63.5 Å². The van der Waals surface area contributed by atoms with E-state index < -0.39 is 6.10 Å². The van der Waals surface area contributed by atoms with Gasteiger partial charge in [0.05, 0.1) is 24.7 Å². The number of amides is 1. The summed E-state index contributed by atoms with van der Waals surface area (Å²) in [5.41, 5.74) is 0.847. The molecule has 0 saturated carbocycles. The Morgan fingerprint density at radius 2 is 2.11 bits per heavy atom. The lowest BCUT2D eigenvalue weighted by Crippen LogP contribution is -2.44. The molecule has 3 heterocycles. The monoisotopic (exact) mass is 389 g/mol. The van der Waals surface area contributed by atoms with Crippen LogP contribution in [0, 0.1) is 0 Å². The number of aromatic nitrogens is 4. The number of carbonyl (C=O) groups excluding carboxylic acids is 1. The highest BCUT2D eigenvalue weighted by Crippen LogP contribution is 2.30. The summed E-state index contributed by atoms with van der Waals surface area (Å²) < 4.78 is 15.2. The molecule has 8 heteroatoms. The van der Waals surface area contributed by atoms with Crippen molar-refractivity contribution in [2.75, 3.05) is 13.7 Å². The third kappa shape index (κ3) is 4.94. The van der Waals surface area contributed by atoms with Crippen molar-refractivity contribution in [3.63, 3.8) is 0 Å². The quantitative estimate of drug-likeness (QED) is 0.736. The summed E-state index contributed by atoms with van der Waals surface area (Å²) in [6, 6.07) is -0.170. The molecule has 0 bridgehead atoms. The van der Waals surface area contributed by atoms with Gasteiger partial charge in [0.2, 0.25) is 0 Å². The molecular weight excluding hydrogens is 361 g/mol. The van der Waals surface area contributed by atoms with E-state index in [0.29, 0.717) is 19.5 Å². The first kappa shape index (κ1) is 21.5. The molecule has 28 heavy (non-hydrogen) atoms. The molecule has 152 valence electrons. The van der Waals surface area contributed by atoms with Gasteiger partial charge < -0.3 is 9.64 Å². The summed E-state index contributed by atoms with van der Waals surface area (Å²) in [6.45, 7) is 6.40. The molecule has 2 unspecified atom stereocenters. The number of piperidine rings is 1. The van der Waals surface area contributed by atoms with Crippen LogP contribution < -0.4 is 0 Å². The maximum absolute atomic E-state index is 13.0. The number of alkyl halides is 1. The zero-order chi connectivity index (χ0) is 20.5. The Morgan fingerprint density at radius 3 is 2.79 bits per heavy atom. The first-order valence-corrected chi connectivity index (χ1v) is 9.43. The fraction of sp³-hybridized carbons (Fsp3) is 0.500. The molecule has 1 saturated heterocycles. The second kappa shape index (κ2) is 10.5. The highest BCUT2D eigenvalue weighted by Gasteiger charge is 2.35. The van der Waals surface area contributed by atoms with Crippen molar-refractivity contribution in [1.82, 2.24) is 25.1 Å². The highest BCUT2D eigenvalue weighted by atomic mass is 19.1. The van der Waals surface area contributed by atoms with E-state index in [-0.39, 0.29) is 11.9 Å². The van der Waals surface area contributed by atoms with Crippen LogP contribution in [0.1, 0.15) is 51.9 Å². The SMILES string of the molecule is C/C=C\C(=C/C)n1nnc(C2CCCCN2C(=O)C2C=CC=C(C)O2)n1.CF. The Labute approximate surface area is 165 Å². The summed E-state index contributed by atoms with van der Waals surface area (Å²) in [4.78, 5) is 16.3. The number of tetrazole rings is 1. The van der Waals surface area contributed by atoms with Gasteiger partial charge in [0, 0.05) is 6.54 Å². The fourth-order valence-electron chi connectivity index (χ4n) is 3.25. The van der Waals surface area contributed by atoms with Crippen molar-refractivity contribution in [3.8, 4) is 0 Å². The van der Waals surface area contributed by atoms with Gasteiger partial charge in [-0.1, -0.05) is 18.2 Å². The Hall–Kier alpha value is -2.77. The molecule has 2 atom stereocenters. The molecule has 1 fully saturated rings. The maximum atomic E-state index is 13.0. The van der Waals surface area contributed by atoms with E-state index in [9.17, 15) is 9.18 Å². The van der Waals surface area contributed by atoms with Gasteiger partial charge in [0.25, 0.3) is 5.91 Å². The average Bonchev–Trinajstić information content (AvgIpc) is 3.23.